The van der Waals surface area contributed by atoms with Gasteiger partial charge in [-0.2, -0.15) is 8.42 Å². The van der Waals surface area contributed by atoms with Crippen molar-refractivity contribution in [2.45, 2.75) is 263 Å². The van der Waals surface area contributed by atoms with E-state index in [2.05, 4.69) is 70.3 Å². The molecule has 10 bridgehead atoms. The van der Waals surface area contributed by atoms with Gasteiger partial charge in [-0.3, -0.25) is 13.8 Å². The standard InChI is InChI=1S/C17H26O2.C15H22O3.C13H17NO6S.C12H20O2.C10H16O2.C8H10O4/c1-10(2)16(18)19-17(11(3)4)14-6-12-5-13(8-14)9-15(17)7-12;1-9(2)14(16)18-8-15(17)12-4-10-3-11(6-12)7-13(15)5-10;1-6(2)13(16)14-5-10(15)19-11-7-3-8-9(4-7)21(17,18)20-12(8)11;1-4-12(8-6-5-7-9-12)14-11(13)10(2)3;1-8(2)9(11)12-10(3)6-4-5-7-10;1-5(2)7(9)12-6-3-4-11-8(6)10/h11-15H,1,5-9H2,2-4H3;10-13,17H,1,3-8H2,2H3;7-9,11-12H,1,3-5H2,2H3,(H,14,16);2,4-9H2,1,3H3;1,4-7H2,2-3H3;6H,1,3-4H2,2H3. The Balaban J connectivity index is 0.000000165. The molecule has 0 spiro atoms. The van der Waals surface area contributed by atoms with Gasteiger partial charge < -0.3 is 43.6 Å². The maximum Gasteiger partial charge on any atom is 0.347 e. The van der Waals surface area contributed by atoms with Crippen molar-refractivity contribution in [1.82, 2.24) is 5.32 Å². The second-order valence-corrected chi connectivity index (χ2v) is 32.5. The fourth-order valence-corrected chi connectivity index (χ4v) is 19.7. The van der Waals surface area contributed by atoms with E-state index in [0.717, 1.165) is 81.5 Å². The molecular formula is C75H111NO19S. The summed E-state index contributed by atoms with van der Waals surface area (Å²) in [6.07, 6.45) is 23.1. The molecule has 2 aliphatic heterocycles. The monoisotopic (exact) mass is 1360 g/mol. The van der Waals surface area contributed by atoms with Gasteiger partial charge in [-0.15, -0.1) is 0 Å². The normalized spacial score (nSPS) is 33.6. The Bertz CT molecular complexity index is 3030. The van der Waals surface area contributed by atoms with Crippen molar-refractivity contribution in [2.75, 3.05) is 19.8 Å². The Morgan fingerprint density at radius 2 is 1.06 bits per heavy atom. The first-order valence-electron chi connectivity index (χ1n) is 35.3. The van der Waals surface area contributed by atoms with Crippen LogP contribution in [0.4, 0.5) is 0 Å². The molecule has 0 aromatic carbocycles. The highest BCUT2D eigenvalue weighted by Gasteiger charge is 2.66. The van der Waals surface area contributed by atoms with Gasteiger partial charge in [-0.25, -0.2) is 28.8 Å². The lowest BCUT2D eigenvalue weighted by Crippen LogP contribution is -2.62. The molecular weight excluding hydrogens is 1250 g/mol. The summed E-state index contributed by atoms with van der Waals surface area (Å²) in [6.45, 7) is 40.0. The summed E-state index contributed by atoms with van der Waals surface area (Å²) in [7, 11) is -3.51. The van der Waals surface area contributed by atoms with Crippen LogP contribution in [0, 0.1) is 65.1 Å². The SMILES string of the molecule is C=C(C)C(=O)NCC(=O)OC1C2CC3C1OS(=O)(=O)C3C2.C=C(C)C(=O)OC1(C(C)C)C2CC3CC(C2)CC1C3.C=C(C)C(=O)OC1(C)CCCC1.C=C(C)C(=O)OC1(CC)CCCCC1.C=C(C)C(=O)OC1CCOC1=O.C=C(C)C(=O)OCC1(O)C2CC3CC(C2)CC1C3. The number of nitrogens with one attached hydrogen (secondary N) is 1. The van der Waals surface area contributed by atoms with E-state index in [1.165, 1.54) is 84.5 Å². The zero-order valence-electron chi connectivity index (χ0n) is 59.0. The van der Waals surface area contributed by atoms with Gasteiger partial charge >= 0.3 is 41.8 Å². The molecule has 96 heavy (non-hydrogen) atoms. The number of cyclic esters (lactones) is 1. The van der Waals surface area contributed by atoms with Crippen molar-refractivity contribution in [3.05, 3.63) is 72.9 Å². The van der Waals surface area contributed by atoms with Crippen LogP contribution in [-0.4, -0.2) is 127 Å². The molecule has 6 atom stereocenters. The van der Waals surface area contributed by atoms with E-state index in [0.29, 0.717) is 83.3 Å². The summed E-state index contributed by atoms with van der Waals surface area (Å²) in [6, 6.07) is 0. The average Bonchev–Trinajstić information content (AvgIpc) is 1.18. The highest BCUT2D eigenvalue weighted by molar-refractivity contribution is 7.87. The van der Waals surface area contributed by atoms with Gasteiger partial charge in [0.1, 0.15) is 47.8 Å². The molecule has 20 nitrogen and oxygen atoms in total. The highest BCUT2D eigenvalue weighted by atomic mass is 32.2. The Morgan fingerprint density at radius 1 is 0.594 bits per heavy atom. The van der Waals surface area contributed by atoms with Gasteiger partial charge in [0.25, 0.3) is 10.1 Å². The molecule has 1 amide bonds. The number of carbonyl (C=O) groups is 8. The molecule has 2 saturated heterocycles. The van der Waals surface area contributed by atoms with Crippen LogP contribution in [-0.2, 0) is 85.8 Å². The second-order valence-electron chi connectivity index (χ2n) is 30.8. The molecule has 2 heterocycles. The largest absolute Gasteiger partial charge is 0.463 e. The number of amides is 1. The second kappa shape index (κ2) is 32.4. The smallest absolute Gasteiger partial charge is 0.347 e. The van der Waals surface area contributed by atoms with Crippen LogP contribution in [0.15, 0.2) is 72.9 Å². The van der Waals surface area contributed by atoms with E-state index >= 15 is 0 Å². The summed E-state index contributed by atoms with van der Waals surface area (Å²) in [5.74, 6) is 2.60. The first-order chi connectivity index (χ1) is 44.9. The maximum absolute atomic E-state index is 12.1. The minimum absolute atomic E-state index is 0.0306. The third-order valence-electron chi connectivity index (χ3n) is 22.6. The van der Waals surface area contributed by atoms with Crippen LogP contribution in [0.5, 0.6) is 0 Å². The Kier molecular flexibility index (Phi) is 26.1. The van der Waals surface area contributed by atoms with Crippen molar-refractivity contribution < 1.29 is 89.2 Å². The lowest BCUT2D eigenvalue weighted by atomic mass is 9.47. The molecule has 6 unspecified atom stereocenters. The fourth-order valence-electron chi connectivity index (χ4n) is 17.8. The molecule has 2 N–H and O–H groups in total. The average molecular weight is 1360 g/mol. The lowest BCUT2D eigenvalue weighted by Gasteiger charge is -2.61. The Morgan fingerprint density at radius 3 is 1.51 bits per heavy atom. The maximum atomic E-state index is 12.1. The van der Waals surface area contributed by atoms with E-state index in [-0.39, 0.29) is 71.2 Å². The molecule has 0 aromatic heterocycles. The number of rotatable bonds is 17. The van der Waals surface area contributed by atoms with Crippen LogP contribution in [0.25, 0.3) is 0 Å². The van der Waals surface area contributed by atoms with E-state index in [9.17, 15) is 51.9 Å². The number of aliphatic hydroxyl groups is 1. The minimum Gasteiger partial charge on any atom is -0.463 e. The molecule has 0 radical (unpaired) electrons. The number of hydrogen-bond acceptors (Lipinski definition) is 19. The summed E-state index contributed by atoms with van der Waals surface area (Å²) in [5.41, 5.74) is 1.15. The van der Waals surface area contributed by atoms with Crippen molar-refractivity contribution in [2.24, 2.45) is 65.1 Å². The molecule has 14 rings (SSSR count). The van der Waals surface area contributed by atoms with E-state index in [4.69, 9.17) is 32.6 Å². The number of ether oxygens (including phenoxy) is 7. The first kappa shape index (κ1) is 77.4. The predicted octanol–water partition coefficient (Wildman–Crippen LogP) is 12.1. The Labute approximate surface area is 570 Å². The van der Waals surface area contributed by atoms with Gasteiger partial charge in [0.05, 0.1) is 11.9 Å². The van der Waals surface area contributed by atoms with Crippen LogP contribution in [0.1, 0.15) is 217 Å². The highest BCUT2D eigenvalue weighted by Crippen LogP contribution is 2.62. The number of esters is 7. The number of hydrogen-bond donors (Lipinski definition) is 2. The molecule has 14 fully saturated rings. The van der Waals surface area contributed by atoms with Crippen molar-refractivity contribution in [3.63, 3.8) is 0 Å². The Hall–Kier alpha value is -5.93. The van der Waals surface area contributed by atoms with Crippen LogP contribution >= 0.6 is 0 Å². The topological polar surface area (TPSA) is 277 Å². The molecule has 0 aromatic rings. The molecule has 12 saturated carbocycles. The minimum atomic E-state index is -3.51. The van der Waals surface area contributed by atoms with Gasteiger partial charge in [-0.05, 0) is 237 Å². The van der Waals surface area contributed by atoms with Crippen molar-refractivity contribution in [1.29, 1.82) is 0 Å². The molecule has 21 heteroatoms. The molecule has 12 aliphatic carbocycles. The van der Waals surface area contributed by atoms with E-state index in [1.54, 1.807) is 27.7 Å². The fraction of sp³-hybridized carbons (Fsp3) is 0.733. The third kappa shape index (κ3) is 18.7. The summed E-state index contributed by atoms with van der Waals surface area (Å²) >= 11 is 0. The molecule has 14 aliphatic rings. The lowest BCUT2D eigenvalue weighted by molar-refractivity contribution is -0.221. The van der Waals surface area contributed by atoms with Crippen molar-refractivity contribution in [3.8, 4) is 0 Å². The quantitative estimate of drug-likeness (QED) is 0.0592. The van der Waals surface area contributed by atoms with E-state index < -0.39 is 63.1 Å². The van der Waals surface area contributed by atoms with Gasteiger partial charge in [0.15, 0.2) is 0 Å². The third-order valence-corrected chi connectivity index (χ3v) is 24.4. The first-order valence-corrected chi connectivity index (χ1v) is 36.7. The van der Waals surface area contributed by atoms with Crippen molar-refractivity contribution >= 4 is 57.8 Å². The summed E-state index contributed by atoms with van der Waals surface area (Å²) in [5, 5.41) is 12.9. The number of fused-ring (bicyclic) bond motifs is 1. The zero-order valence-corrected chi connectivity index (χ0v) is 59.8. The van der Waals surface area contributed by atoms with E-state index in [1.807, 2.05) is 6.92 Å². The van der Waals surface area contributed by atoms with Crippen LogP contribution in [0.2, 0.25) is 0 Å². The van der Waals surface area contributed by atoms with Gasteiger partial charge in [0, 0.05) is 51.7 Å². The van der Waals surface area contributed by atoms with Gasteiger partial charge in [-0.1, -0.05) is 66.7 Å². The summed E-state index contributed by atoms with van der Waals surface area (Å²) in [4.78, 5) is 91.0. The van der Waals surface area contributed by atoms with Crippen LogP contribution in [0.3, 0.4) is 0 Å². The zero-order chi connectivity index (χ0) is 71.0. The van der Waals surface area contributed by atoms with Gasteiger partial charge in [0.2, 0.25) is 12.0 Å². The number of carbonyl (C=O) groups excluding carboxylic acids is 8. The van der Waals surface area contributed by atoms with Crippen LogP contribution < -0.4 is 5.32 Å². The molecule has 536 valence electrons. The summed E-state index contributed by atoms with van der Waals surface area (Å²) < 4.78 is 65.6. The predicted molar refractivity (Wildman–Crippen MR) is 360 cm³/mol.